The highest BCUT2D eigenvalue weighted by molar-refractivity contribution is 6.31. The average Bonchev–Trinajstić information content (AvgIpc) is 3.41. The minimum absolute atomic E-state index is 0.0127. The minimum atomic E-state index is -0.382. The van der Waals surface area contributed by atoms with Crippen molar-refractivity contribution in [3.8, 4) is 16.9 Å². The molecular weight excluding hydrogens is 394 g/mol. The van der Waals surface area contributed by atoms with Gasteiger partial charge in [-0.2, -0.15) is 0 Å². The van der Waals surface area contributed by atoms with Crippen molar-refractivity contribution in [2.24, 2.45) is 5.92 Å². The highest BCUT2D eigenvalue weighted by atomic mass is 35.5. The number of hydrogen-bond donors (Lipinski definition) is 1. The van der Waals surface area contributed by atoms with E-state index >= 15 is 0 Å². The standard InChI is InChI=1S/C22H22ClNO5/c1-27-22(26)14-4-2-13(3-5-14)19-10-17(23)8-16-9-18(29-20(16)19)11-24-21(25)15-6-7-28-12-15/h2-5,8,10,15,18H,6-7,9,11-12H2,1H3,(H,24,25)/t15-,18-/m0/s1. The Kier molecular flexibility index (Phi) is 5.74. The summed E-state index contributed by atoms with van der Waals surface area (Å²) < 4.78 is 16.2. The van der Waals surface area contributed by atoms with Crippen LogP contribution in [0.3, 0.4) is 0 Å². The summed E-state index contributed by atoms with van der Waals surface area (Å²) in [4.78, 5) is 23.9. The normalized spacial score (nSPS) is 20.1. The predicted molar refractivity (Wildman–Crippen MR) is 108 cm³/mol. The molecule has 2 heterocycles. The molecule has 0 radical (unpaired) electrons. The first-order valence-corrected chi connectivity index (χ1v) is 9.96. The molecule has 1 amide bonds. The lowest BCUT2D eigenvalue weighted by Gasteiger charge is -2.15. The fourth-order valence-corrected chi connectivity index (χ4v) is 3.97. The Bertz CT molecular complexity index is 922. The predicted octanol–water partition coefficient (Wildman–Crippen LogP) is 3.25. The van der Waals surface area contributed by atoms with Crippen molar-refractivity contribution >= 4 is 23.5 Å². The van der Waals surface area contributed by atoms with E-state index in [0.29, 0.717) is 36.8 Å². The molecule has 0 saturated carbocycles. The summed E-state index contributed by atoms with van der Waals surface area (Å²) in [6.07, 6.45) is 1.28. The molecule has 1 fully saturated rings. The Morgan fingerprint density at radius 1 is 1.24 bits per heavy atom. The Morgan fingerprint density at radius 3 is 2.72 bits per heavy atom. The molecule has 0 aromatic heterocycles. The third-order valence-corrected chi connectivity index (χ3v) is 5.50. The van der Waals surface area contributed by atoms with Crippen LogP contribution in [-0.2, 0) is 20.7 Å². The number of nitrogens with one attached hydrogen (secondary N) is 1. The maximum atomic E-state index is 12.2. The number of carbonyl (C=O) groups is 2. The number of esters is 1. The van der Waals surface area contributed by atoms with Crippen LogP contribution in [0.4, 0.5) is 0 Å². The van der Waals surface area contributed by atoms with Gasteiger partial charge in [-0.1, -0.05) is 23.7 Å². The molecule has 0 spiro atoms. The Morgan fingerprint density at radius 2 is 2.03 bits per heavy atom. The van der Waals surface area contributed by atoms with E-state index in [0.717, 1.165) is 28.9 Å². The second kappa shape index (κ2) is 8.43. The Labute approximate surface area is 174 Å². The number of ether oxygens (including phenoxy) is 3. The third-order valence-electron chi connectivity index (χ3n) is 5.28. The van der Waals surface area contributed by atoms with Crippen LogP contribution in [0.5, 0.6) is 5.75 Å². The third kappa shape index (κ3) is 4.23. The summed E-state index contributed by atoms with van der Waals surface area (Å²) in [6, 6.07) is 10.9. The number of methoxy groups -OCH3 is 1. The lowest BCUT2D eigenvalue weighted by Crippen LogP contribution is -2.38. The van der Waals surface area contributed by atoms with Crippen LogP contribution >= 0.6 is 11.6 Å². The van der Waals surface area contributed by atoms with E-state index in [9.17, 15) is 9.59 Å². The first-order chi connectivity index (χ1) is 14.0. The topological polar surface area (TPSA) is 73.9 Å². The summed E-state index contributed by atoms with van der Waals surface area (Å²) in [5.74, 6) is 0.326. The average molecular weight is 416 g/mol. The van der Waals surface area contributed by atoms with E-state index in [4.69, 9.17) is 25.8 Å². The van der Waals surface area contributed by atoms with E-state index in [-0.39, 0.29) is 23.9 Å². The van der Waals surface area contributed by atoms with Crippen LogP contribution in [0.15, 0.2) is 36.4 Å². The van der Waals surface area contributed by atoms with Crippen LogP contribution in [0.1, 0.15) is 22.3 Å². The lowest BCUT2D eigenvalue weighted by molar-refractivity contribution is -0.125. The van der Waals surface area contributed by atoms with Gasteiger partial charge in [-0.3, -0.25) is 4.79 Å². The number of carbonyl (C=O) groups excluding carboxylic acids is 2. The van der Waals surface area contributed by atoms with E-state index in [1.54, 1.807) is 12.1 Å². The lowest BCUT2D eigenvalue weighted by atomic mass is 9.99. The molecule has 1 N–H and O–H groups in total. The van der Waals surface area contributed by atoms with Crippen molar-refractivity contribution in [1.82, 2.24) is 5.32 Å². The summed E-state index contributed by atoms with van der Waals surface area (Å²) in [5.41, 5.74) is 3.24. The number of fused-ring (bicyclic) bond motifs is 1. The van der Waals surface area contributed by atoms with Crippen molar-refractivity contribution in [2.45, 2.75) is 18.9 Å². The zero-order chi connectivity index (χ0) is 20.4. The smallest absolute Gasteiger partial charge is 0.337 e. The molecule has 2 aromatic rings. The van der Waals surface area contributed by atoms with Gasteiger partial charge in [0.05, 0.1) is 31.7 Å². The maximum Gasteiger partial charge on any atom is 0.337 e. The molecule has 0 aliphatic carbocycles. The molecule has 6 nitrogen and oxygen atoms in total. The Balaban J connectivity index is 1.49. The van der Waals surface area contributed by atoms with Gasteiger partial charge in [-0.05, 0) is 36.2 Å². The van der Waals surface area contributed by atoms with Crippen LogP contribution < -0.4 is 10.1 Å². The second-order valence-corrected chi connectivity index (χ2v) is 7.70. The van der Waals surface area contributed by atoms with Gasteiger partial charge in [-0.15, -0.1) is 0 Å². The monoisotopic (exact) mass is 415 g/mol. The molecule has 2 atom stereocenters. The quantitative estimate of drug-likeness (QED) is 0.759. The molecule has 2 aromatic carbocycles. The molecule has 2 aliphatic rings. The molecule has 29 heavy (non-hydrogen) atoms. The molecule has 0 unspecified atom stereocenters. The van der Waals surface area contributed by atoms with Gasteiger partial charge in [0.15, 0.2) is 0 Å². The second-order valence-electron chi connectivity index (χ2n) is 7.26. The summed E-state index contributed by atoms with van der Waals surface area (Å²) in [5, 5.41) is 3.59. The van der Waals surface area contributed by atoms with Crippen molar-refractivity contribution in [3.63, 3.8) is 0 Å². The SMILES string of the molecule is COC(=O)c1ccc(-c2cc(Cl)cc3c2O[C@H](CNC(=O)[C@H]2CCOC2)C3)cc1. The summed E-state index contributed by atoms with van der Waals surface area (Å²) >= 11 is 6.33. The summed E-state index contributed by atoms with van der Waals surface area (Å²) in [7, 11) is 1.35. The maximum absolute atomic E-state index is 12.2. The van der Waals surface area contributed by atoms with Gasteiger partial charge in [0.25, 0.3) is 0 Å². The molecule has 152 valence electrons. The van der Waals surface area contributed by atoms with Crippen LogP contribution in [0.2, 0.25) is 5.02 Å². The fourth-order valence-electron chi connectivity index (χ4n) is 3.73. The molecule has 0 bridgehead atoms. The van der Waals surface area contributed by atoms with E-state index in [1.807, 2.05) is 24.3 Å². The zero-order valence-electron chi connectivity index (χ0n) is 16.1. The largest absolute Gasteiger partial charge is 0.487 e. The molecule has 2 aliphatic heterocycles. The van der Waals surface area contributed by atoms with Crippen LogP contribution in [0.25, 0.3) is 11.1 Å². The first-order valence-electron chi connectivity index (χ1n) is 9.58. The van der Waals surface area contributed by atoms with Gasteiger partial charge in [0.1, 0.15) is 11.9 Å². The number of rotatable bonds is 5. The first kappa shape index (κ1) is 19.7. The summed E-state index contributed by atoms with van der Waals surface area (Å²) in [6.45, 7) is 1.56. The fraction of sp³-hybridized carbons (Fsp3) is 0.364. The van der Waals surface area contributed by atoms with Gasteiger partial charge in [0.2, 0.25) is 5.91 Å². The van der Waals surface area contributed by atoms with Gasteiger partial charge < -0.3 is 19.5 Å². The van der Waals surface area contributed by atoms with E-state index < -0.39 is 0 Å². The number of amides is 1. The van der Waals surface area contributed by atoms with Gasteiger partial charge in [-0.25, -0.2) is 4.79 Å². The molecule has 4 rings (SSSR count). The van der Waals surface area contributed by atoms with Crippen molar-refractivity contribution < 1.29 is 23.8 Å². The van der Waals surface area contributed by atoms with E-state index in [2.05, 4.69) is 5.32 Å². The highest BCUT2D eigenvalue weighted by Crippen LogP contribution is 2.41. The molecule has 7 heteroatoms. The molecule has 1 saturated heterocycles. The minimum Gasteiger partial charge on any atom is -0.487 e. The van der Waals surface area contributed by atoms with Crippen LogP contribution in [0, 0.1) is 5.92 Å². The molecular formula is C22H22ClNO5. The number of hydrogen-bond acceptors (Lipinski definition) is 5. The highest BCUT2D eigenvalue weighted by Gasteiger charge is 2.29. The Hall–Kier alpha value is -2.57. The van der Waals surface area contributed by atoms with Gasteiger partial charge >= 0.3 is 5.97 Å². The van der Waals surface area contributed by atoms with Crippen molar-refractivity contribution in [1.29, 1.82) is 0 Å². The van der Waals surface area contributed by atoms with Crippen molar-refractivity contribution in [2.75, 3.05) is 26.9 Å². The van der Waals surface area contributed by atoms with Crippen LogP contribution in [-0.4, -0.2) is 44.8 Å². The van der Waals surface area contributed by atoms with Gasteiger partial charge in [0, 0.05) is 29.2 Å². The number of halogens is 1. The zero-order valence-corrected chi connectivity index (χ0v) is 16.8. The van der Waals surface area contributed by atoms with Crippen molar-refractivity contribution in [3.05, 3.63) is 52.5 Å². The number of benzene rings is 2. The van der Waals surface area contributed by atoms with E-state index in [1.165, 1.54) is 7.11 Å².